The van der Waals surface area contributed by atoms with Gasteiger partial charge in [-0.15, -0.1) is 0 Å². The van der Waals surface area contributed by atoms with Gasteiger partial charge in [-0.05, 0) is 49.4 Å². The van der Waals surface area contributed by atoms with E-state index in [2.05, 4.69) is 55.4 Å². The summed E-state index contributed by atoms with van der Waals surface area (Å²) >= 11 is 0. The Morgan fingerprint density at radius 3 is 0.645 bits per heavy atom. The van der Waals surface area contributed by atoms with Crippen molar-refractivity contribution in [1.29, 1.82) is 0 Å². The molecule has 0 spiro atoms. The fraction of sp³-hybridized carbons (Fsp3) is 0.956. The van der Waals surface area contributed by atoms with Gasteiger partial charge >= 0.3 is 39.5 Å². The lowest BCUT2D eigenvalue weighted by atomic mass is 9.99. The molecule has 0 saturated heterocycles. The van der Waals surface area contributed by atoms with Gasteiger partial charge in [-0.2, -0.15) is 0 Å². The van der Waals surface area contributed by atoms with Crippen LogP contribution in [-0.4, -0.2) is 96.7 Å². The molecule has 0 aliphatic heterocycles. The molecular weight excluding hydrogens is 1430 g/mol. The third-order valence-electron chi connectivity index (χ3n) is 21.7. The van der Waals surface area contributed by atoms with Crippen LogP contribution in [0.25, 0.3) is 0 Å². The molecule has 110 heavy (non-hydrogen) atoms. The molecule has 0 heterocycles. The molecule has 0 aromatic rings. The van der Waals surface area contributed by atoms with E-state index in [0.717, 1.165) is 114 Å². The Morgan fingerprint density at radius 1 is 0.255 bits per heavy atom. The Balaban J connectivity index is 5.21. The minimum absolute atomic E-state index is 0.107. The fourth-order valence-corrected chi connectivity index (χ4v) is 15.7. The predicted molar refractivity (Wildman–Crippen MR) is 455 cm³/mol. The van der Waals surface area contributed by atoms with E-state index in [9.17, 15) is 43.2 Å². The van der Waals surface area contributed by atoms with Crippen molar-refractivity contribution in [2.75, 3.05) is 39.6 Å². The number of aliphatic hydroxyl groups is 1. The highest BCUT2D eigenvalue weighted by Gasteiger charge is 2.31. The third kappa shape index (κ3) is 82.6. The first kappa shape index (κ1) is 108. The van der Waals surface area contributed by atoms with Crippen LogP contribution in [0.5, 0.6) is 0 Å². The lowest BCUT2D eigenvalue weighted by Gasteiger charge is -2.21. The Bertz CT molecular complexity index is 2130. The third-order valence-corrected chi connectivity index (χ3v) is 23.6. The summed E-state index contributed by atoms with van der Waals surface area (Å²) in [5.74, 6) is 1.10. The number of unbranched alkanes of at least 4 members (excludes halogenated alkanes) is 53. The molecule has 17 nitrogen and oxygen atoms in total. The lowest BCUT2D eigenvalue weighted by Crippen LogP contribution is -2.30. The van der Waals surface area contributed by atoms with Gasteiger partial charge in [-0.25, -0.2) is 9.13 Å². The maximum absolute atomic E-state index is 13.2. The van der Waals surface area contributed by atoms with Gasteiger partial charge in [0.05, 0.1) is 26.4 Å². The van der Waals surface area contributed by atoms with Gasteiger partial charge in [0.25, 0.3) is 0 Å². The second kappa shape index (κ2) is 79.5. The van der Waals surface area contributed by atoms with E-state index in [-0.39, 0.29) is 25.7 Å². The molecule has 0 bridgehead atoms. The number of esters is 4. The van der Waals surface area contributed by atoms with E-state index in [4.69, 9.17) is 37.0 Å². The zero-order valence-electron chi connectivity index (χ0n) is 72.9. The van der Waals surface area contributed by atoms with Crippen LogP contribution in [0.4, 0.5) is 0 Å². The summed E-state index contributed by atoms with van der Waals surface area (Å²) in [4.78, 5) is 73.4. The van der Waals surface area contributed by atoms with Crippen LogP contribution < -0.4 is 0 Å². The molecule has 0 amide bonds. The first-order valence-electron chi connectivity index (χ1n) is 46.7. The maximum Gasteiger partial charge on any atom is 0.472 e. The number of hydrogen-bond acceptors (Lipinski definition) is 15. The van der Waals surface area contributed by atoms with Gasteiger partial charge in [0.15, 0.2) is 12.2 Å². The molecule has 0 aliphatic carbocycles. The topological polar surface area (TPSA) is 237 Å². The van der Waals surface area contributed by atoms with Crippen LogP contribution in [0.15, 0.2) is 0 Å². The Morgan fingerprint density at radius 2 is 0.436 bits per heavy atom. The standard InChI is InChI=1S/C91H178O17P2/c1-9-84(8)70-62-54-46-38-32-26-20-12-10-11-13-22-28-34-40-48-57-65-74-91(96)108-87(78-102-89(94)72-64-56-50-42-45-53-61-69-83(6)7)80-106-110(99,100)104-76-85(92)75-103-109(97,98)105-79-86(107-90(95)73-66-58-49-41-35-29-23-17-15-19-25-31-37-44-52-60-68-82(4)5)77-101-88(93)71-63-55-47-39-33-27-21-16-14-18-24-30-36-43-51-59-67-81(2)3/h81-87,92H,9-80H2,1-8H3,(H,97,98)(H,99,100)/t84?,85?,86-,87-/m1/s1. The van der Waals surface area contributed by atoms with Crippen molar-refractivity contribution in [2.24, 2.45) is 23.7 Å². The normalized spacial score (nSPS) is 14.1. The molecule has 0 aromatic heterocycles. The van der Waals surface area contributed by atoms with E-state index in [0.29, 0.717) is 31.6 Å². The van der Waals surface area contributed by atoms with E-state index >= 15 is 0 Å². The number of phosphoric ester groups is 2. The highest BCUT2D eigenvalue weighted by molar-refractivity contribution is 7.47. The van der Waals surface area contributed by atoms with Gasteiger partial charge in [0.2, 0.25) is 0 Å². The molecule has 0 rings (SSSR count). The minimum atomic E-state index is -4.97. The Hall–Kier alpha value is -1.94. The van der Waals surface area contributed by atoms with Crippen LogP contribution in [0, 0.1) is 23.7 Å². The van der Waals surface area contributed by atoms with Gasteiger partial charge < -0.3 is 33.8 Å². The first-order chi connectivity index (χ1) is 53.1. The molecule has 0 fully saturated rings. The average Bonchev–Trinajstić information content (AvgIpc) is 0.901. The number of rotatable bonds is 88. The van der Waals surface area contributed by atoms with Crippen LogP contribution in [0.3, 0.4) is 0 Å². The quantitative estimate of drug-likeness (QED) is 0.0222. The molecule has 19 heteroatoms. The second-order valence-corrected chi connectivity index (χ2v) is 37.3. The molecule has 654 valence electrons. The molecule has 6 atom stereocenters. The Kier molecular flexibility index (Phi) is 78.1. The summed E-state index contributed by atoms with van der Waals surface area (Å²) in [6.07, 6.45) is 71.0. The zero-order chi connectivity index (χ0) is 80.9. The molecule has 0 aliphatic rings. The second-order valence-electron chi connectivity index (χ2n) is 34.4. The molecule has 0 aromatic carbocycles. The van der Waals surface area contributed by atoms with Crippen LogP contribution in [-0.2, 0) is 65.4 Å². The number of ether oxygens (including phenoxy) is 4. The fourth-order valence-electron chi connectivity index (χ4n) is 14.2. The van der Waals surface area contributed by atoms with Crippen molar-refractivity contribution in [3.05, 3.63) is 0 Å². The smallest absolute Gasteiger partial charge is 0.462 e. The molecule has 0 saturated carbocycles. The predicted octanol–water partition coefficient (Wildman–Crippen LogP) is 27.9. The van der Waals surface area contributed by atoms with E-state index in [1.165, 1.54) is 276 Å². The summed E-state index contributed by atoms with van der Waals surface area (Å²) in [7, 11) is -9.94. The summed E-state index contributed by atoms with van der Waals surface area (Å²) in [5.41, 5.74) is 0. The number of phosphoric acid groups is 2. The van der Waals surface area contributed by atoms with Crippen molar-refractivity contribution < 1.29 is 80.2 Å². The van der Waals surface area contributed by atoms with E-state index in [1.807, 2.05) is 0 Å². The van der Waals surface area contributed by atoms with Gasteiger partial charge in [0, 0.05) is 25.7 Å². The molecule has 0 radical (unpaired) electrons. The monoisotopic (exact) mass is 1610 g/mol. The van der Waals surface area contributed by atoms with Gasteiger partial charge in [-0.3, -0.25) is 37.3 Å². The highest BCUT2D eigenvalue weighted by atomic mass is 31.2. The molecule has 4 unspecified atom stereocenters. The zero-order valence-corrected chi connectivity index (χ0v) is 74.7. The Labute approximate surface area is 677 Å². The largest absolute Gasteiger partial charge is 0.472 e. The maximum atomic E-state index is 13.2. The molecule has 3 N–H and O–H groups in total. The lowest BCUT2D eigenvalue weighted by molar-refractivity contribution is -0.161. The summed E-state index contributed by atoms with van der Waals surface area (Å²) in [5, 5.41) is 10.7. The van der Waals surface area contributed by atoms with Crippen molar-refractivity contribution >= 4 is 39.5 Å². The van der Waals surface area contributed by atoms with Gasteiger partial charge in [-0.1, -0.05) is 428 Å². The SMILES string of the molecule is CCC(C)CCCCCCCCCCCCCCCCCCCCC(=O)O[C@H](COC(=O)CCCCCCCCCC(C)C)COP(=O)(O)OCC(O)COP(=O)(O)OC[C@@H](COC(=O)CCCCCCCCCCCCCCCCCCC(C)C)OC(=O)CCCCCCCCCCCCCCCCCCC(C)C. The van der Waals surface area contributed by atoms with Crippen LogP contribution in [0.1, 0.15) is 479 Å². The van der Waals surface area contributed by atoms with Gasteiger partial charge in [0.1, 0.15) is 19.3 Å². The van der Waals surface area contributed by atoms with Crippen LogP contribution in [0.2, 0.25) is 0 Å². The average molecular weight is 1610 g/mol. The summed E-state index contributed by atoms with van der Waals surface area (Å²) in [6, 6.07) is 0. The number of hydrogen-bond donors (Lipinski definition) is 3. The summed E-state index contributed by atoms with van der Waals surface area (Å²) in [6.45, 7) is 14.4. The van der Waals surface area contributed by atoms with Crippen molar-refractivity contribution in [3.8, 4) is 0 Å². The molecular formula is C91H178O17P2. The first-order valence-corrected chi connectivity index (χ1v) is 49.7. The number of carbonyl (C=O) groups is 4. The highest BCUT2D eigenvalue weighted by Crippen LogP contribution is 2.45. The summed E-state index contributed by atoms with van der Waals surface area (Å²) < 4.78 is 69.0. The number of carbonyl (C=O) groups excluding carboxylic acids is 4. The minimum Gasteiger partial charge on any atom is -0.462 e. The van der Waals surface area contributed by atoms with E-state index in [1.54, 1.807) is 0 Å². The van der Waals surface area contributed by atoms with E-state index < -0.39 is 97.5 Å². The number of aliphatic hydroxyl groups excluding tert-OH is 1. The van der Waals surface area contributed by atoms with Crippen molar-refractivity contribution in [1.82, 2.24) is 0 Å². The van der Waals surface area contributed by atoms with Crippen molar-refractivity contribution in [2.45, 2.75) is 497 Å². The van der Waals surface area contributed by atoms with Crippen LogP contribution >= 0.6 is 15.6 Å². The van der Waals surface area contributed by atoms with Crippen molar-refractivity contribution in [3.63, 3.8) is 0 Å².